The molecule has 0 radical (unpaired) electrons. The summed E-state index contributed by atoms with van der Waals surface area (Å²) in [6.07, 6.45) is 0. The third-order valence-corrected chi connectivity index (χ3v) is 2.36. The average molecular weight is 259 g/mol. The van der Waals surface area contributed by atoms with E-state index in [1.165, 1.54) is 12.1 Å². The van der Waals surface area contributed by atoms with Crippen LogP contribution in [0, 0.1) is 23.0 Å². The Morgan fingerprint density at radius 2 is 1.89 bits per heavy atom. The third kappa shape index (κ3) is 2.75. The van der Waals surface area contributed by atoms with Gasteiger partial charge in [-0.1, -0.05) is 12.1 Å². The highest BCUT2D eigenvalue weighted by Gasteiger charge is 2.16. The van der Waals surface area contributed by atoms with Crippen molar-refractivity contribution in [2.24, 2.45) is 0 Å². The van der Waals surface area contributed by atoms with E-state index in [0.29, 0.717) is 6.07 Å². The van der Waals surface area contributed by atoms with Crippen molar-refractivity contribution in [2.75, 3.05) is 0 Å². The maximum Gasteiger partial charge on any atom is 0.346 e. The lowest BCUT2D eigenvalue weighted by Gasteiger charge is -2.06. The first kappa shape index (κ1) is 12.7. The fourth-order valence-electron chi connectivity index (χ4n) is 1.46. The van der Waals surface area contributed by atoms with Crippen molar-refractivity contribution in [2.45, 2.75) is 0 Å². The number of halogens is 2. The van der Waals surface area contributed by atoms with E-state index in [2.05, 4.69) is 0 Å². The summed E-state index contributed by atoms with van der Waals surface area (Å²) in [6.45, 7) is 0. The first-order valence-electron chi connectivity index (χ1n) is 5.28. The van der Waals surface area contributed by atoms with E-state index in [0.717, 1.165) is 12.1 Å². The van der Waals surface area contributed by atoms with Crippen LogP contribution in [-0.2, 0) is 0 Å². The molecule has 0 saturated heterocycles. The van der Waals surface area contributed by atoms with Crippen LogP contribution in [-0.4, -0.2) is 5.97 Å². The molecule has 19 heavy (non-hydrogen) atoms. The molecule has 0 N–H and O–H groups in total. The average Bonchev–Trinajstić information content (AvgIpc) is 2.39. The number of benzene rings is 2. The summed E-state index contributed by atoms with van der Waals surface area (Å²) >= 11 is 0. The predicted octanol–water partition coefficient (Wildman–Crippen LogP) is 3.06. The zero-order valence-corrected chi connectivity index (χ0v) is 9.56. The molecule has 94 valence electrons. The van der Waals surface area contributed by atoms with Crippen LogP contribution >= 0.6 is 0 Å². The number of para-hydroxylation sites is 1. The highest BCUT2D eigenvalue weighted by atomic mass is 19.1. The Morgan fingerprint density at radius 3 is 2.58 bits per heavy atom. The molecular weight excluding hydrogens is 252 g/mol. The summed E-state index contributed by atoms with van der Waals surface area (Å²) in [6, 6.07) is 10.4. The molecule has 5 heteroatoms. The van der Waals surface area contributed by atoms with Gasteiger partial charge in [0.15, 0.2) is 0 Å². The van der Waals surface area contributed by atoms with E-state index in [-0.39, 0.29) is 11.3 Å². The molecule has 2 rings (SSSR count). The molecule has 0 aromatic heterocycles. The second-order valence-corrected chi connectivity index (χ2v) is 3.62. The SMILES string of the molecule is N#Cc1ccccc1OC(=O)c1ccc(F)cc1F. The summed E-state index contributed by atoms with van der Waals surface area (Å²) in [4.78, 5) is 11.7. The van der Waals surface area contributed by atoms with Crippen LogP contribution in [0.3, 0.4) is 0 Å². The zero-order valence-electron chi connectivity index (χ0n) is 9.56. The normalized spacial score (nSPS) is 9.74. The van der Waals surface area contributed by atoms with Crippen LogP contribution in [0.2, 0.25) is 0 Å². The number of nitriles is 1. The van der Waals surface area contributed by atoms with Crippen molar-refractivity contribution in [3.8, 4) is 11.8 Å². The number of esters is 1. The first-order valence-corrected chi connectivity index (χ1v) is 5.28. The van der Waals surface area contributed by atoms with Gasteiger partial charge in [0.1, 0.15) is 23.5 Å². The first-order chi connectivity index (χ1) is 9.11. The van der Waals surface area contributed by atoms with Gasteiger partial charge < -0.3 is 4.74 Å². The fraction of sp³-hybridized carbons (Fsp3) is 0. The Balaban J connectivity index is 2.29. The summed E-state index contributed by atoms with van der Waals surface area (Å²) in [5.41, 5.74) is -0.243. The molecule has 0 bridgehead atoms. The van der Waals surface area contributed by atoms with Gasteiger partial charge >= 0.3 is 5.97 Å². The lowest BCUT2D eigenvalue weighted by molar-refractivity contribution is 0.0729. The lowest BCUT2D eigenvalue weighted by atomic mass is 10.2. The Kier molecular flexibility index (Phi) is 3.53. The molecule has 0 spiro atoms. The Labute approximate surface area is 107 Å². The van der Waals surface area contributed by atoms with E-state index in [1.807, 2.05) is 6.07 Å². The number of hydrogen-bond acceptors (Lipinski definition) is 3. The van der Waals surface area contributed by atoms with Gasteiger partial charge in [-0.15, -0.1) is 0 Å². The van der Waals surface area contributed by atoms with Gasteiger partial charge in [-0.05, 0) is 24.3 Å². The second-order valence-electron chi connectivity index (χ2n) is 3.62. The zero-order chi connectivity index (χ0) is 13.8. The number of rotatable bonds is 2. The third-order valence-electron chi connectivity index (χ3n) is 2.36. The molecule has 0 aliphatic carbocycles. The van der Waals surface area contributed by atoms with E-state index < -0.39 is 23.2 Å². The largest absolute Gasteiger partial charge is 0.421 e. The van der Waals surface area contributed by atoms with Gasteiger partial charge in [-0.25, -0.2) is 13.6 Å². The van der Waals surface area contributed by atoms with E-state index in [4.69, 9.17) is 10.00 Å². The Morgan fingerprint density at radius 1 is 1.16 bits per heavy atom. The van der Waals surface area contributed by atoms with Crippen LogP contribution in [0.15, 0.2) is 42.5 Å². The van der Waals surface area contributed by atoms with E-state index >= 15 is 0 Å². The predicted molar refractivity (Wildman–Crippen MR) is 62.5 cm³/mol. The van der Waals surface area contributed by atoms with E-state index in [1.54, 1.807) is 12.1 Å². The van der Waals surface area contributed by atoms with Crippen LogP contribution < -0.4 is 4.74 Å². The quantitative estimate of drug-likeness (QED) is 0.615. The summed E-state index contributed by atoms with van der Waals surface area (Å²) in [5.74, 6) is -2.76. The van der Waals surface area contributed by atoms with Crippen LogP contribution in [0.25, 0.3) is 0 Å². The van der Waals surface area contributed by atoms with Gasteiger partial charge in [0.25, 0.3) is 0 Å². The van der Waals surface area contributed by atoms with Gasteiger partial charge in [0.2, 0.25) is 0 Å². The van der Waals surface area contributed by atoms with Gasteiger partial charge in [-0.2, -0.15) is 5.26 Å². The van der Waals surface area contributed by atoms with Gasteiger partial charge in [0, 0.05) is 6.07 Å². The fourth-order valence-corrected chi connectivity index (χ4v) is 1.46. The summed E-state index contributed by atoms with van der Waals surface area (Å²) in [5, 5.41) is 8.83. The molecule has 2 aromatic carbocycles. The lowest BCUT2D eigenvalue weighted by Crippen LogP contribution is -2.11. The summed E-state index contributed by atoms with van der Waals surface area (Å²) in [7, 11) is 0. The van der Waals surface area contributed by atoms with Crippen molar-refractivity contribution in [3.63, 3.8) is 0 Å². The monoisotopic (exact) mass is 259 g/mol. The van der Waals surface area contributed by atoms with Crippen molar-refractivity contribution < 1.29 is 18.3 Å². The minimum Gasteiger partial charge on any atom is -0.421 e. The number of carbonyl (C=O) groups excluding carboxylic acids is 1. The van der Waals surface area contributed by atoms with Gasteiger partial charge in [0.05, 0.1) is 11.1 Å². The van der Waals surface area contributed by atoms with Crippen molar-refractivity contribution in [3.05, 3.63) is 65.2 Å². The number of ether oxygens (including phenoxy) is 1. The van der Waals surface area contributed by atoms with Crippen LogP contribution in [0.1, 0.15) is 15.9 Å². The van der Waals surface area contributed by atoms with Crippen molar-refractivity contribution in [1.82, 2.24) is 0 Å². The molecule has 0 aliphatic heterocycles. The summed E-state index contributed by atoms with van der Waals surface area (Å²) < 4.78 is 31.0. The molecule has 0 fully saturated rings. The number of nitrogens with zero attached hydrogens (tertiary/aromatic N) is 1. The number of hydrogen-bond donors (Lipinski definition) is 0. The highest BCUT2D eigenvalue weighted by molar-refractivity contribution is 5.91. The topological polar surface area (TPSA) is 50.1 Å². The highest BCUT2D eigenvalue weighted by Crippen LogP contribution is 2.19. The molecule has 0 saturated carbocycles. The maximum absolute atomic E-state index is 13.4. The molecule has 3 nitrogen and oxygen atoms in total. The van der Waals surface area contributed by atoms with Gasteiger partial charge in [-0.3, -0.25) is 0 Å². The standard InChI is InChI=1S/C14H7F2NO2/c15-10-5-6-11(12(16)7-10)14(18)19-13-4-2-1-3-9(13)8-17/h1-7H. The minimum atomic E-state index is -1.01. The molecule has 2 aromatic rings. The van der Waals surface area contributed by atoms with Crippen LogP contribution in [0.4, 0.5) is 8.78 Å². The minimum absolute atomic E-state index is 0.0266. The molecule has 0 heterocycles. The van der Waals surface area contributed by atoms with Crippen molar-refractivity contribution >= 4 is 5.97 Å². The Bertz CT molecular complexity index is 677. The molecule has 0 amide bonds. The number of carbonyl (C=O) groups is 1. The second kappa shape index (κ2) is 5.27. The smallest absolute Gasteiger partial charge is 0.346 e. The van der Waals surface area contributed by atoms with Crippen molar-refractivity contribution in [1.29, 1.82) is 5.26 Å². The van der Waals surface area contributed by atoms with E-state index in [9.17, 15) is 13.6 Å². The molecular formula is C14H7F2NO2. The molecule has 0 aliphatic rings. The Hall–Kier alpha value is -2.74. The van der Waals surface area contributed by atoms with Crippen LogP contribution in [0.5, 0.6) is 5.75 Å². The molecule has 0 unspecified atom stereocenters. The maximum atomic E-state index is 13.4. The molecule has 0 atom stereocenters.